The minimum Gasteiger partial charge on any atom is -0.497 e. The Morgan fingerprint density at radius 1 is 1.22 bits per heavy atom. The van der Waals surface area contributed by atoms with E-state index >= 15 is 0 Å². The third-order valence-electron chi connectivity index (χ3n) is 2.29. The summed E-state index contributed by atoms with van der Waals surface area (Å²) < 4.78 is 11.1. The molecule has 0 atom stereocenters. The summed E-state index contributed by atoms with van der Waals surface area (Å²) >= 11 is 4.72. The van der Waals surface area contributed by atoms with Crippen molar-refractivity contribution in [2.75, 3.05) is 14.2 Å². The Morgan fingerprint density at radius 2 is 1.83 bits per heavy atom. The highest BCUT2D eigenvalue weighted by atomic mass is 79.9. The van der Waals surface area contributed by atoms with Crippen molar-refractivity contribution in [1.29, 1.82) is 5.26 Å². The molecule has 0 aliphatic carbocycles. The lowest BCUT2D eigenvalue weighted by atomic mass is 10.2. The highest BCUT2D eigenvalue weighted by Crippen LogP contribution is 2.35. The molecule has 0 aliphatic heterocycles. The van der Waals surface area contributed by atoms with Gasteiger partial charge in [-0.05, 0) is 28.1 Å². The Kier molecular flexibility index (Phi) is 3.84. The van der Waals surface area contributed by atoms with E-state index < -0.39 is 0 Å². The normalized spacial score (nSPS) is 9.89. The van der Waals surface area contributed by atoms with Crippen molar-refractivity contribution in [3.8, 4) is 28.1 Å². The summed E-state index contributed by atoms with van der Waals surface area (Å²) in [7, 11) is 3.19. The van der Waals surface area contributed by atoms with Crippen LogP contribution in [0.25, 0.3) is 10.6 Å². The molecule has 92 valence electrons. The van der Waals surface area contributed by atoms with Gasteiger partial charge in [0.05, 0.1) is 14.2 Å². The molecule has 0 spiro atoms. The van der Waals surface area contributed by atoms with Gasteiger partial charge < -0.3 is 9.47 Å². The summed E-state index contributed by atoms with van der Waals surface area (Å²) in [4.78, 5) is 4.25. The first-order valence-corrected chi connectivity index (χ1v) is 6.58. The van der Waals surface area contributed by atoms with Crippen molar-refractivity contribution in [3.63, 3.8) is 0 Å². The fourth-order valence-corrected chi connectivity index (χ4v) is 2.79. The zero-order valence-corrected chi connectivity index (χ0v) is 12.1. The third kappa shape index (κ3) is 2.47. The van der Waals surface area contributed by atoms with Crippen molar-refractivity contribution in [2.24, 2.45) is 0 Å². The van der Waals surface area contributed by atoms with Crippen LogP contribution >= 0.6 is 27.3 Å². The summed E-state index contributed by atoms with van der Waals surface area (Å²) in [6.07, 6.45) is 0. The van der Waals surface area contributed by atoms with Crippen molar-refractivity contribution in [3.05, 3.63) is 27.7 Å². The van der Waals surface area contributed by atoms with Crippen LogP contribution in [-0.2, 0) is 0 Å². The number of ether oxygens (including phenoxy) is 2. The molecule has 6 heteroatoms. The maximum absolute atomic E-state index is 8.89. The minimum absolute atomic E-state index is 0.386. The van der Waals surface area contributed by atoms with E-state index in [0.717, 1.165) is 14.4 Å². The summed E-state index contributed by atoms with van der Waals surface area (Å²) in [6, 6.07) is 7.53. The topological polar surface area (TPSA) is 55.1 Å². The molecule has 0 bridgehead atoms. The molecule has 0 unspecified atom stereocenters. The second kappa shape index (κ2) is 5.38. The van der Waals surface area contributed by atoms with E-state index in [2.05, 4.69) is 20.9 Å². The van der Waals surface area contributed by atoms with Gasteiger partial charge in [0.1, 0.15) is 26.4 Å². The van der Waals surface area contributed by atoms with Gasteiger partial charge in [0.2, 0.25) is 0 Å². The first-order valence-electron chi connectivity index (χ1n) is 4.97. The summed E-state index contributed by atoms with van der Waals surface area (Å²) in [5, 5.41) is 9.64. The summed E-state index contributed by atoms with van der Waals surface area (Å²) in [6.45, 7) is 0. The minimum atomic E-state index is 0.386. The molecule has 0 amide bonds. The molecule has 1 aromatic heterocycles. The number of nitrogens with zero attached hydrogens (tertiary/aromatic N) is 2. The van der Waals surface area contributed by atoms with Gasteiger partial charge in [0.25, 0.3) is 0 Å². The number of halogens is 1. The maximum atomic E-state index is 8.89. The van der Waals surface area contributed by atoms with Crippen LogP contribution in [-0.4, -0.2) is 19.2 Å². The number of methoxy groups -OCH3 is 2. The average Bonchev–Trinajstić information content (AvgIpc) is 2.79. The molecule has 18 heavy (non-hydrogen) atoms. The van der Waals surface area contributed by atoms with E-state index in [9.17, 15) is 0 Å². The number of hydrogen-bond acceptors (Lipinski definition) is 5. The van der Waals surface area contributed by atoms with E-state index in [0.29, 0.717) is 17.2 Å². The quantitative estimate of drug-likeness (QED) is 0.867. The Bertz CT molecular complexity index is 597. The van der Waals surface area contributed by atoms with Gasteiger partial charge in [-0.1, -0.05) is 0 Å². The van der Waals surface area contributed by atoms with Gasteiger partial charge in [-0.25, -0.2) is 4.98 Å². The Morgan fingerprint density at radius 3 is 2.28 bits per heavy atom. The number of thiazole rings is 1. The first-order chi connectivity index (χ1) is 8.67. The lowest BCUT2D eigenvalue weighted by molar-refractivity contribution is 0.394. The highest BCUT2D eigenvalue weighted by molar-refractivity contribution is 9.11. The smallest absolute Gasteiger partial charge is 0.166 e. The molecule has 0 fully saturated rings. The zero-order chi connectivity index (χ0) is 13.1. The lowest BCUT2D eigenvalue weighted by Crippen LogP contribution is -1.88. The number of nitriles is 1. The Balaban J connectivity index is 2.52. The predicted molar refractivity (Wildman–Crippen MR) is 73.1 cm³/mol. The highest BCUT2D eigenvalue weighted by Gasteiger charge is 2.12. The van der Waals surface area contributed by atoms with Crippen molar-refractivity contribution < 1.29 is 9.47 Å². The van der Waals surface area contributed by atoms with E-state index in [1.165, 1.54) is 11.3 Å². The Labute approximate surface area is 117 Å². The van der Waals surface area contributed by atoms with Gasteiger partial charge in [-0.2, -0.15) is 5.26 Å². The average molecular weight is 325 g/mol. The van der Waals surface area contributed by atoms with Gasteiger partial charge in [-0.15, -0.1) is 11.3 Å². The molecular weight excluding hydrogens is 316 g/mol. The molecule has 2 aromatic rings. The van der Waals surface area contributed by atoms with E-state index in [1.54, 1.807) is 20.3 Å². The van der Waals surface area contributed by atoms with Crippen molar-refractivity contribution >= 4 is 27.3 Å². The molecular formula is C12H9BrN2O2S. The Hall–Kier alpha value is -1.58. The lowest BCUT2D eigenvalue weighted by Gasteiger charge is -2.06. The predicted octanol–water partition coefficient (Wildman–Crippen LogP) is 3.46. The standard InChI is InChI=1S/C12H9BrN2O2S/c1-16-8-3-7(4-9(5-8)17-2)12-15-10(6-14)11(13)18-12/h3-5H,1-2H3. The van der Waals surface area contributed by atoms with Gasteiger partial charge in [0.15, 0.2) is 5.69 Å². The maximum Gasteiger partial charge on any atom is 0.166 e. The summed E-state index contributed by atoms with van der Waals surface area (Å²) in [5.41, 5.74) is 1.25. The molecule has 0 saturated carbocycles. The van der Waals surface area contributed by atoms with Crippen LogP contribution in [0.3, 0.4) is 0 Å². The monoisotopic (exact) mass is 324 g/mol. The van der Waals surface area contributed by atoms with Gasteiger partial charge in [0, 0.05) is 11.6 Å². The SMILES string of the molecule is COc1cc(OC)cc(-c2nc(C#N)c(Br)s2)c1. The van der Waals surface area contributed by atoms with E-state index in [4.69, 9.17) is 14.7 Å². The first kappa shape index (κ1) is 12.9. The fourth-order valence-electron chi connectivity index (χ4n) is 1.42. The van der Waals surface area contributed by atoms with Crippen LogP contribution in [0.5, 0.6) is 11.5 Å². The molecule has 0 saturated heterocycles. The van der Waals surface area contributed by atoms with Crippen LogP contribution in [0.4, 0.5) is 0 Å². The third-order valence-corrected chi connectivity index (χ3v) is 4.04. The second-order valence-electron chi connectivity index (χ2n) is 3.35. The molecule has 1 aromatic carbocycles. The van der Waals surface area contributed by atoms with Crippen LogP contribution in [0.1, 0.15) is 5.69 Å². The number of benzene rings is 1. The summed E-state index contributed by atoms with van der Waals surface area (Å²) in [5.74, 6) is 1.38. The van der Waals surface area contributed by atoms with Gasteiger partial charge >= 0.3 is 0 Å². The van der Waals surface area contributed by atoms with Crippen molar-refractivity contribution in [1.82, 2.24) is 4.98 Å². The van der Waals surface area contributed by atoms with Crippen LogP contribution in [0, 0.1) is 11.3 Å². The van der Waals surface area contributed by atoms with Crippen LogP contribution < -0.4 is 9.47 Å². The van der Waals surface area contributed by atoms with E-state index in [-0.39, 0.29) is 0 Å². The largest absolute Gasteiger partial charge is 0.497 e. The van der Waals surface area contributed by atoms with E-state index in [1.807, 2.05) is 18.2 Å². The van der Waals surface area contributed by atoms with Crippen LogP contribution in [0.2, 0.25) is 0 Å². The number of aromatic nitrogens is 1. The molecule has 2 rings (SSSR count). The molecule has 0 N–H and O–H groups in total. The molecule has 0 radical (unpaired) electrons. The van der Waals surface area contributed by atoms with Crippen molar-refractivity contribution in [2.45, 2.75) is 0 Å². The number of rotatable bonds is 3. The van der Waals surface area contributed by atoms with Crippen LogP contribution in [0.15, 0.2) is 22.0 Å². The second-order valence-corrected chi connectivity index (χ2v) is 5.67. The van der Waals surface area contributed by atoms with Gasteiger partial charge in [-0.3, -0.25) is 0 Å². The zero-order valence-electron chi connectivity index (χ0n) is 9.73. The molecule has 4 nitrogen and oxygen atoms in total. The number of hydrogen-bond donors (Lipinski definition) is 0. The fraction of sp³-hybridized carbons (Fsp3) is 0.167. The molecule has 1 heterocycles. The molecule has 0 aliphatic rings.